The van der Waals surface area contributed by atoms with Crippen LogP contribution in [0.3, 0.4) is 0 Å². The quantitative estimate of drug-likeness (QED) is 0.737. The number of aliphatic hydroxyl groups is 1. The predicted molar refractivity (Wildman–Crippen MR) is 84.5 cm³/mol. The largest absolute Gasteiger partial charge is 0.385 e. The smallest absolute Gasteiger partial charge is 0.110 e. The Morgan fingerprint density at radius 2 is 1.32 bits per heavy atom. The summed E-state index contributed by atoms with van der Waals surface area (Å²) in [5.41, 5.74) is 1.06. The van der Waals surface area contributed by atoms with Gasteiger partial charge in [-0.3, -0.25) is 0 Å². The van der Waals surface area contributed by atoms with Crippen LogP contribution >= 0.6 is 0 Å². The molecule has 4 rings (SSSR count). The molecule has 110 valence electrons. The van der Waals surface area contributed by atoms with E-state index in [4.69, 9.17) is 0 Å². The maximum atomic E-state index is 9.99. The first kappa shape index (κ1) is 17.6. The van der Waals surface area contributed by atoms with Crippen LogP contribution in [0.25, 0.3) is 0 Å². The van der Waals surface area contributed by atoms with E-state index >= 15 is 0 Å². The summed E-state index contributed by atoms with van der Waals surface area (Å²) < 4.78 is 0. The van der Waals surface area contributed by atoms with Crippen molar-refractivity contribution in [2.24, 2.45) is 0 Å². The van der Waals surface area contributed by atoms with E-state index in [1.807, 2.05) is 93.2 Å². The van der Waals surface area contributed by atoms with Crippen molar-refractivity contribution in [3.63, 3.8) is 0 Å². The van der Waals surface area contributed by atoms with Crippen LogP contribution < -0.4 is 0 Å². The number of hydrogen-bond acceptors (Lipinski definition) is 1. The first-order valence-electron chi connectivity index (χ1n) is 6.96. The minimum atomic E-state index is 0. The van der Waals surface area contributed by atoms with Gasteiger partial charge in [0.25, 0.3) is 0 Å². The average Bonchev–Trinajstić information content (AvgIpc) is 3.18. The Hall–Kier alpha value is -0.717. The van der Waals surface area contributed by atoms with Crippen molar-refractivity contribution < 1.29 is 24.6 Å². The molecule has 0 atom stereocenters. The SMILES string of the molecule is O[C]1[CH][C]2C=CC=C[C]2[C]1c1ccccc1.[CH]1[CH][CH][CH][CH]1.[Ru]. The molecule has 2 fully saturated rings. The number of rotatable bonds is 1. The molecule has 1 aromatic carbocycles. The molecule has 0 aromatic heterocycles. The summed E-state index contributed by atoms with van der Waals surface area (Å²) in [4.78, 5) is 0. The molecule has 0 saturated heterocycles. The molecule has 3 aliphatic rings. The molecule has 1 nitrogen and oxygen atoms in total. The molecule has 0 heterocycles. The Balaban J connectivity index is 0.000000253. The molecule has 22 heavy (non-hydrogen) atoms. The molecule has 2 saturated carbocycles. The Morgan fingerprint density at radius 1 is 0.727 bits per heavy atom. The molecular weight excluding hydrogens is 357 g/mol. The second-order valence-electron chi connectivity index (χ2n) is 4.82. The fourth-order valence-electron chi connectivity index (χ4n) is 2.44. The van der Waals surface area contributed by atoms with Crippen LogP contribution in [0.2, 0.25) is 0 Å². The summed E-state index contributed by atoms with van der Waals surface area (Å²) in [7, 11) is 0. The summed E-state index contributed by atoms with van der Waals surface area (Å²) >= 11 is 0. The van der Waals surface area contributed by atoms with Crippen molar-refractivity contribution in [2.45, 2.75) is 0 Å². The number of benzene rings is 1. The molecule has 0 amide bonds. The van der Waals surface area contributed by atoms with Gasteiger partial charge >= 0.3 is 0 Å². The van der Waals surface area contributed by atoms with Gasteiger partial charge in [-0.25, -0.2) is 0 Å². The van der Waals surface area contributed by atoms with Gasteiger partial charge in [0, 0.05) is 37.7 Å². The summed E-state index contributed by atoms with van der Waals surface area (Å²) in [5, 5.41) is 9.99. The fraction of sp³-hybridized carbons (Fsp3) is 0. The third-order valence-electron chi connectivity index (χ3n) is 3.40. The fourth-order valence-corrected chi connectivity index (χ4v) is 2.44. The third kappa shape index (κ3) is 4.18. The first-order chi connectivity index (χ1) is 10.4. The molecule has 0 unspecified atom stereocenters. The van der Waals surface area contributed by atoms with Crippen LogP contribution in [0.15, 0.2) is 54.6 Å². The van der Waals surface area contributed by atoms with E-state index in [0.29, 0.717) is 6.10 Å². The second kappa shape index (κ2) is 8.80. The summed E-state index contributed by atoms with van der Waals surface area (Å²) in [6.45, 7) is 0. The van der Waals surface area contributed by atoms with Crippen molar-refractivity contribution in [3.05, 3.63) is 123 Å². The summed E-state index contributed by atoms with van der Waals surface area (Å²) in [5.74, 6) is 3.11. The Labute approximate surface area is 147 Å². The van der Waals surface area contributed by atoms with Gasteiger partial charge in [-0.1, -0.05) is 54.6 Å². The van der Waals surface area contributed by atoms with Crippen molar-refractivity contribution in [1.29, 1.82) is 0 Å². The summed E-state index contributed by atoms with van der Waals surface area (Å²) in [6, 6.07) is 9.97. The van der Waals surface area contributed by atoms with E-state index in [0.717, 1.165) is 23.3 Å². The van der Waals surface area contributed by atoms with Crippen LogP contribution in [0.5, 0.6) is 0 Å². The van der Waals surface area contributed by atoms with Crippen LogP contribution in [0, 0.1) is 62.4 Å². The Kier molecular flexibility index (Phi) is 7.05. The van der Waals surface area contributed by atoms with E-state index in [2.05, 4.69) is 0 Å². The van der Waals surface area contributed by atoms with Crippen LogP contribution in [-0.4, -0.2) is 5.11 Å². The van der Waals surface area contributed by atoms with Crippen molar-refractivity contribution in [3.8, 4) is 0 Å². The zero-order chi connectivity index (χ0) is 14.5. The molecule has 0 spiro atoms. The Bertz CT molecular complexity index is 482. The molecule has 0 aliphatic heterocycles. The van der Waals surface area contributed by atoms with Crippen LogP contribution in [0.1, 0.15) is 5.56 Å². The number of aliphatic hydroxyl groups excluding tert-OH is 1. The van der Waals surface area contributed by atoms with Gasteiger partial charge in [-0.15, -0.1) is 0 Å². The normalized spacial score (nSPS) is 22.0. The summed E-state index contributed by atoms with van der Waals surface area (Å²) in [6.07, 6.45) is 20.2. The number of allylic oxidation sites excluding steroid dienone is 4. The van der Waals surface area contributed by atoms with Gasteiger partial charge in [-0.2, -0.15) is 0 Å². The van der Waals surface area contributed by atoms with Gasteiger partial charge < -0.3 is 5.11 Å². The molecule has 10 radical (unpaired) electrons. The maximum absolute atomic E-state index is 9.99. The van der Waals surface area contributed by atoms with Gasteiger partial charge in [0.15, 0.2) is 0 Å². The third-order valence-corrected chi connectivity index (χ3v) is 3.40. The van der Waals surface area contributed by atoms with Gasteiger partial charge in [0.2, 0.25) is 0 Å². The topological polar surface area (TPSA) is 20.2 Å². The van der Waals surface area contributed by atoms with Crippen molar-refractivity contribution >= 4 is 0 Å². The van der Waals surface area contributed by atoms with Gasteiger partial charge in [-0.05, 0) is 37.7 Å². The predicted octanol–water partition coefficient (Wildman–Crippen LogP) is 4.03. The van der Waals surface area contributed by atoms with Crippen LogP contribution in [0.4, 0.5) is 0 Å². The van der Waals surface area contributed by atoms with Gasteiger partial charge in [0.05, 0.1) is 5.92 Å². The number of hydrogen-bond donors (Lipinski definition) is 1. The maximum Gasteiger partial charge on any atom is 0.110 e. The van der Waals surface area contributed by atoms with Crippen LogP contribution in [-0.2, 0) is 19.5 Å². The average molecular weight is 373 g/mol. The van der Waals surface area contributed by atoms with Crippen molar-refractivity contribution in [1.82, 2.24) is 0 Å². The standard InChI is InChI=1S/C15H11O.C5H5.Ru/c16-14-10-12-8-4-5-9-13(12)15(14)11-6-2-1-3-7-11;1-2-4-5-3-1;/h1-10,16H;1-5H;. The second-order valence-corrected chi connectivity index (χ2v) is 4.82. The molecule has 2 heteroatoms. The van der Waals surface area contributed by atoms with E-state index < -0.39 is 0 Å². The zero-order valence-electron chi connectivity index (χ0n) is 12.0. The molecule has 3 aliphatic carbocycles. The van der Waals surface area contributed by atoms with E-state index in [-0.39, 0.29) is 19.5 Å². The molecular formula is C20H16ORu. The van der Waals surface area contributed by atoms with E-state index in [1.54, 1.807) is 0 Å². The molecule has 0 bridgehead atoms. The molecule has 1 aromatic rings. The van der Waals surface area contributed by atoms with E-state index in [1.165, 1.54) is 0 Å². The van der Waals surface area contributed by atoms with E-state index in [9.17, 15) is 5.11 Å². The first-order valence-corrected chi connectivity index (χ1v) is 6.96. The van der Waals surface area contributed by atoms with Gasteiger partial charge in [0.1, 0.15) is 6.10 Å². The Morgan fingerprint density at radius 3 is 1.95 bits per heavy atom. The minimum absolute atomic E-state index is 0. The minimum Gasteiger partial charge on any atom is -0.385 e. The molecule has 1 N–H and O–H groups in total. The number of fused-ring (bicyclic) bond motifs is 1. The zero-order valence-corrected chi connectivity index (χ0v) is 13.7. The van der Waals surface area contributed by atoms with Crippen molar-refractivity contribution in [2.75, 3.05) is 0 Å². The monoisotopic (exact) mass is 374 g/mol.